The van der Waals surface area contributed by atoms with Gasteiger partial charge in [0.1, 0.15) is 11.4 Å². The number of rotatable bonds is 3. The van der Waals surface area contributed by atoms with Crippen molar-refractivity contribution < 1.29 is 13.2 Å². The fraction of sp³-hybridized carbons (Fsp3) is 0.429. The Hall–Kier alpha value is -2.99. The first-order valence-electron chi connectivity index (χ1n) is 9.88. The van der Waals surface area contributed by atoms with Crippen molar-refractivity contribution in [1.82, 2.24) is 20.9 Å². The first-order chi connectivity index (χ1) is 14.4. The quantitative estimate of drug-likeness (QED) is 0.571. The highest BCUT2D eigenvalue weighted by Crippen LogP contribution is 2.45. The fourth-order valence-corrected chi connectivity index (χ4v) is 4.43. The van der Waals surface area contributed by atoms with E-state index in [4.69, 9.17) is 5.73 Å². The van der Waals surface area contributed by atoms with Crippen LogP contribution in [0.25, 0.3) is 0 Å². The summed E-state index contributed by atoms with van der Waals surface area (Å²) >= 11 is 0. The van der Waals surface area contributed by atoms with Crippen LogP contribution in [0.3, 0.4) is 0 Å². The molecule has 0 bridgehead atoms. The lowest BCUT2D eigenvalue weighted by atomic mass is 9.74. The molecule has 3 unspecified atom stereocenters. The van der Waals surface area contributed by atoms with Crippen molar-refractivity contribution in [3.05, 3.63) is 52.0 Å². The van der Waals surface area contributed by atoms with E-state index in [1.165, 1.54) is 6.20 Å². The van der Waals surface area contributed by atoms with Crippen molar-refractivity contribution in [2.24, 2.45) is 16.8 Å². The average Bonchev–Trinajstić information content (AvgIpc) is 3.35. The monoisotopic (exact) mass is 416 g/mol. The maximum atomic E-state index is 13.5. The number of allylic oxidation sites excluding steroid dienone is 2. The number of dihydropyridines is 1. The molecule has 6 nitrogen and oxygen atoms in total. The number of nitrogens with two attached hydrogens (primary N) is 1. The number of hydrogen-bond acceptors (Lipinski definition) is 5. The van der Waals surface area contributed by atoms with Crippen LogP contribution < -0.4 is 16.5 Å². The smallest absolute Gasteiger partial charge is 0.374 e. The van der Waals surface area contributed by atoms with Crippen LogP contribution in [0.15, 0.2) is 45.9 Å². The first kappa shape index (κ1) is 20.3. The molecule has 3 aliphatic rings. The number of H-pyrrole nitrogens is 1. The van der Waals surface area contributed by atoms with Crippen LogP contribution in [0.4, 0.5) is 13.2 Å². The van der Waals surface area contributed by atoms with Crippen molar-refractivity contribution in [1.29, 1.82) is 0 Å². The summed E-state index contributed by atoms with van der Waals surface area (Å²) in [6, 6.07) is -0.646. The average molecular weight is 416 g/mol. The van der Waals surface area contributed by atoms with Crippen molar-refractivity contribution >= 4 is 5.71 Å². The Morgan fingerprint density at radius 3 is 2.80 bits per heavy atom. The van der Waals surface area contributed by atoms with Gasteiger partial charge in [0, 0.05) is 11.3 Å². The Labute approximate surface area is 172 Å². The van der Waals surface area contributed by atoms with Gasteiger partial charge in [-0.25, -0.2) is 0 Å². The molecule has 0 saturated carbocycles. The number of fused-ring (bicyclic) bond motifs is 2. The highest BCUT2D eigenvalue weighted by Gasteiger charge is 2.43. The Morgan fingerprint density at radius 1 is 1.30 bits per heavy atom. The van der Waals surface area contributed by atoms with Crippen LogP contribution in [0.5, 0.6) is 0 Å². The molecule has 158 valence electrons. The van der Waals surface area contributed by atoms with E-state index in [0.717, 1.165) is 28.8 Å². The van der Waals surface area contributed by atoms with Crippen LogP contribution in [-0.2, 0) is 6.18 Å². The van der Waals surface area contributed by atoms with E-state index in [-0.39, 0.29) is 24.1 Å². The summed E-state index contributed by atoms with van der Waals surface area (Å²) in [6.45, 7) is 4.22. The van der Waals surface area contributed by atoms with E-state index in [0.29, 0.717) is 12.1 Å². The second-order valence-electron chi connectivity index (χ2n) is 7.50. The zero-order chi connectivity index (χ0) is 21.5. The molecule has 9 heteroatoms. The molecule has 3 heterocycles. The van der Waals surface area contributed by atoms with E-state index in [9.17, 15) is 13.2 Å². The maximum Gasteiger partial charge on any atom is 0.433 e. The lowest BCUT2D eigenvalue weighted by Crippen LogP contribution is -2.39. The van der Waals surface area contributed by atoms with Crippen LogP contribution in [0.2, 0.25) is 0 Å². The molecule has 2 aliphatic heterocycles. The second kappa shape index (κ2) is 7.69. The van der Waals surface area contributed by atoms with Gasteiger partial charge in [0.15, 0.2) is 0 Å². The summed E-state index contributed by atoms with van der Waals surface area (Å²) in [5.41, 5.74) is 12.3. The zero-order valence-corrected chi connectivity index (χ0v) is 16.7. The van der Waals surface area contributed by atoms with Crippen molar-refractivity contribution in [2.75, 3.05) is 6.54 Å². The van der Waals surface area contributed by atoms with Gasteiger partial charge in [-0.3, -0.25) is 5.10 Å². The summed E-state index contributed by atoms with van der Waals surface area (Å²) in [7, 11) is 0. The molecular formula is C21H23F3N6. The van der Waals surface area contributed by atoms with Gasteiger partial charge in [-0.05, 0) is 42.1 Å². The van der Waals surface area contributed by atoms with Crippen LogP contribution in [-0.4, -0.2) is 28.5 Å². The minimum absolute atomic E-state index is 0.0401. The molecule has 1 aromatic rings. The summed E-state index contributed by atoms with van der Waals surface area (Å²) in [6.07, 6.45) is 2.10. The van der Waals surface area contributed by atoms with Crippen molar-refractivity contribution in [3.8, 4) is 11.8 Å². The van der Waals surface area contributed by atoms with E-state index in [2.05, 4.69) is 37.9 Å². The third-order valence-electron chi connectivity index (χ3n) is 5.69. The molecule has 4 rings (SSSR count). The Morgan fingerprint density at radius 2 is 2.10 bits per heavy atom. The van der Waals surface area contributed by atoms with Gasteiger partial charge in [0.05, 0.1) is 30.7 Å². The lowest BCUT2D eigenvalue weighted by Gasteiger charge is -2.37. The van der Waals surface area contributed by atoms with Gasteiger partial charge in [-0.2, -0.15) is 23.4 Å². The molecule has 1 aliphatic carbocycles. The molecule has 1 aromatic heterocycles. The standard InChI is InChI=1S/C21H23F3N6/c1-3-5-12-11(2)17-14(7-8-16-18(17)15(28-29-16)6-4-9-25)27-19(12)13-10-26-30-20(13)21(22,23)24/h7-8,10,16,18-19,27,29H,3,5,9,25H2,1-2H3,(H,26,30). The van der Waals surface area contributed by atoms with Crippen LogP contribution in [0.1, 0.15) is 44.0 Å². The summed E-state index contributed by atoms with van der Waals surface area (Å²) in [5, 5.41) is 13.5. The fourth-order valence-electron chi connectivity index (χ4n) is 4.43. The predicted octanol–water partition coefficient (Wildman–Crippen LogP) is 2.92. The molecular weight excluding hydrogens is 393 g/mol. The van der Waals surface area contributed by atoms with Crippen molar-refractivity contribution in [2.45, 2.75) is 44.9 Å². The number of hydrazone groups is 1. The lowest BCUT2D eigenvalue weighted by molar-refractivity contribution is -0.142. The highest BCUT2D eigenvalue weighted by atomic mass is 19.4. The Balaban J connectivity index is 1.80. The summed E-state index contributed by atoms with van der Waals surface area (Å²) in [4.78, 5) is 0. The molecule has 5 N–H and O–H groups in total. The molecule has 0 fully saturated rings. The minimum atomic E-state index is -4.51. The predicted molar refractivity (Wildman–Crippen MR) is 108 cm³/mol. The second-order valence-corrected chi connectivity index (χ2v) is 7.50. The van der Waals surface area contributed by atoms with Gasteiger partial charge in [-0.1, -0.05) is 25.3 Å². The SMILES string of the molecule is CCCC1=C(C)C2=C(C=CC3NN=C(C#CCN)C23)NC1c1cn[nH]c1C(F)(F)F. The number of alkyl halides is 3. The van der Waals surface area contributed by atoms with Crippen LogP contribution >= 0.6 is 0 Å². The number of halogens is 3. The van der Waals surface area contributed by atoms with Gasteiger partial charge < -0.3 is 16.5 Å². The van der Waals surface area contributed by atoms with E-state index < -0.39 is 17.9 Å². The molecule has 0 aromatic carbocycles. The molecule has 0 radical (unpaired) electrons. The number of aromatic amines is 1. The first-order valence-corrected chi connectivity index (χ1v) is 9.88. The van der Waals surface area contributed by atoms with Gasteiger partial charge >= 0.3 is 6.18 Å². The summed E-state index contributed by atoms with van der Waals surface area (Å²) < 4.78 is 40.6. The molecule has 3 atom stereocenters. The molecule has 0 saturated heterocycles. The van der Waals surface area contributed by atoms with E-state index >= 15 is 0 Å². The Kier molecular flexibility index (Phi) is 5.20. The van der Waals surface area contributed by atoms with E-state index in [1.807, 2.05) is 26.0 Å². The Bertz CT molecular complexity index is 1030. The van der Waals surface area contributed by atoms with Gasteiger partial charge in [0.2, 0.25) is 0 Å². The number of nitrogens with zero attached hydrogens (tertiary/aromatic N) is 2. The van der Waals surface area contributed by atoms with Gasteiger partial charge in [-0.15, -0.1) is 0 Å². The largest absolute Gasteiger partial charge is 0.433 e. The highest BCUT2D eigenvalue weighted by molar-refractivity contribution is 6.06. The third-order valence-corrected chi connectivity index (χ3v) is 5.69. The number of nitrogens with one attached hydrogen (secondary N) is 3. The number of aromatic nitrogens is 2. The third kappa shape index (κ3) is 3.31. The zero-order valence-electron chi connectivity index (χ0n) is 16.7. The van der Waals surface area contributed by atoms with Crippen molar-refractivity contribution in [3.63, 3.8) is 0 Å². The number of hydrogen-bond donors (Lipinski definition) is 4. The van der Waals surface area contributed by atoms with E-state index in [1.54, 1.807) is 0 Å². The normalized spacial score (nSPS) is 25.1. The molecule has 0 amide bonds. The van der Waals surface area contributed by atoms with Crippen LogP contribution in [0, 0.1) is 17.8 Å². The minimum Gasteiger partial charge on any atom is -0.374 e. The molecule has 0 spiro atoms. The van der Waals surface area contributed by atoms with Gasteiger partial charge in [0.25, 0.3) is 0 Å². The topological polar surface area (TPSA) is 91.1 Å². The summed E-state index contributed by atoms with van der Waals surface area (Å²) in [5.74, 6) is 5.79. The molecule has 30 heavy (non-hydrogen) atoms. The maximum absolute atomic E-state index is 13.5.